The van der Waals surface area contributed by atoms with Crippen LogP contribution in [0.2, 0.25) is 0 Å². The zero-order chi connectivity index (χ0) is 14.2. The van der Waals surface area contributed by atoms with Crippen molar-refractivity contribution in [3.8, 4) is 0 Å². The number of thiophene rings is 1. The minimum Gasteiger partial charge on any atom is -0.337 e. The molecule has 0 spiro atoms. The third-order valence-electron chi connectivity index (χ3n) is 4.15. The normalized spacial score (nSPS) is 23.6. The quantitative estimate of drug-likeness (QED) is 0.915. The summed E-state index contributed by atoms with van der Waals surface area (Å²) in [6, 6.07) is 4.65. The first-order valence-corrected chi connectivity index (χ1v) is 8.04. The second kappa shape index (κ2) is 6.36. The molecule has 2 atom stereocenters. The highest BCUT2D eigenvalue weighted by atomic mass is 35.5. The average Bonchev–Trinajstić information content (AvgIpc) is 3.19. The Balaban J connectivity index is 0.00000144. The van der Waals surface area contributed by atoms with Gasteiger partial charge in [-0.2, -0.15) is 4.98 Å². The summed E-state index contributed by atoms with van der Waals surface area (Å²) in [7, 11) is 0. The van der Waals surface area contributed by atoms with Crippen LogP contribution in [0, 0.1) is 0 Å². The highest BCUT2D eigenvalue weighted by Crippen LogP contribution is 2.27. The first-order valence-electron chi connectivity index (χ1n) is 7.16. The van der Waals surface area contributed by atoms with E-state index in [9.17, 15) is 4.79 Å². The van der Waals surface area contributed by atoms with Gasteiger partial charge in [-0.1, -0.05) is 11.2 Å². The summed E-state index contributed by atoms with van der Waals surface area (Å²) in [6.07, 6.45) is 2.27. The predicted molar refractivity (Wildman–Crippen MR) is 84.0 cm³/mol. The molecule has 0 unspecified atom stereocenters. The fraction of sp³-hybridized carbons (Fsp3) is 0.500. The summed E-state index contributed by atoms with van der Waals surface area (Å²) in [6.45, 7) is 1.41. The fourth-order valence-corrected chi connectivity index (χ4v) is 3.87. The zero-order valence-corrected chi connectivity index (χ0v) is 13.5. The Labute approximate surface area is 138 Å². The lowest BCUT2D eigenvalue weighted by atomic mass is 10.1. The molecule has 0 aromatic carbocycles. The van der Waals surface area contributed by atoms with Crippen molar-refractivity contribution < 1.29 is 9.32 Å². The lowest BCUT2D eigenvalue weighted by Gasteiger charge is -2.21. The summed E-state index contributed by atoms with van der Waals surface area (Å²) in [5.74, 6) is 1.39. The Bertz CT molecular complexity index is 645. The molecule has 0 radical (unpaired) electrons. The number of carbonyl (C=O) groups excluding carboxylic acids is 1. The molecule has 2 aromatic heterocycles. The number of halogens is 1. The highest BCUT2D eigenvalue weighted by molar-refractivity contribution is 7.09. The summed E-state index contributed by atoms with van der Waals surface area (Å²) in [5, 5.41) is 9.42. The van der Waals surface area contributed by atoms with E-state index in [-0.39, 0.29) is 24.4 Å². The van der Waals surface area contributed by atoms with Crippen LogP contribution in [0.5, 0.6) is 0 Å². The maximum Gasteiger partial charge on any atom is 0.246 e. The third kappa shape index (κ3) is 2.88. The summed E-state index contributed by atoms with van der Waals surface area (Å²) < 4.78 is 5.30. The molecule has 2 aliphatic rings. The zero-order valence-electron chi connectivity index (χ0n) is 11.9. The Hall–Kier alpha value is -1.44. The Morgan fingerprint density at radius 1 is 1.50 bits per heavy atom. The second-order valence-corrected chi connectivity index (χ2v) is 6.54. The van der Waals surface area contributed by atoms with Gasteiger partial charge in [0.25, 0.3) is 0 Å². The number of carbonyl (C=O) groups is 1. The predicted octanol–water partition coefficient (Wildman–Crippen LogP) is 1.61. The Morgan fingerprint density at radius 3 is 3.23 bits per heavy atom. The molecule has 6 nitrogen and oxygen atoms in total. The SMILES string of the molecule is Cl.O=C1C[C@H]2NCC[C@H]2N1Cc1nc(Cc2cccs2)no1. The molecule has 118 valence electrons. The number of aromatic nitrogens is 2. The largest absolute Gasteiger partial charge is 0.337 e. The molecule has 2 saturated heterocycles. The molecule has 4 heterocycles. The molecule has 2 aliphatic heterocycles. The molecule has 0 bridgehead atoms. The van der Waals surface area contributed by atoms with Crippen molar-refractivity contribution in [1.82, 2.24) is 20.4 Å². The lowest BCUT2D eigenvalue weighted by Crippen LogP contribution is -2.35. The maximum atomic E-state index is 12.1. The van der Waals surface area contributed by atoms with Gasteiger partial charge in [-0.3, -0.25) is 4.79 Å². The second-order valence-electron chi connectivity index (χ2n) is 5.50. The summed E-state index contributed by atoms with van der Waals surface area (Å²) in [4.78, 5) is 19.6. The van der Waals surface area contributed by atoms with E-state index in [0.29, 0.717) is 37.1 Å². The van der Waals surface area contributed by atoms with Crippen molar-refractivity contribution in [3.05, 3.63) is 34.1 Å². The number of likely N-dealkylation sites (tertiary alicyclic amines) is 1. The van der Waals surface area contributed by atoms with Crippen molar-refractivity contribution in [3.63, 3.8) is 0 Å². The van der Waals surface area contributed by atoms with Gasteiger partial charge in [-0.05, 0) is 24.4 Å². The van der Waals surface area contributed by atoms with Gasteiger partial charge in [0.15, 0.2) is 5.82 Å². The van der Waals surface area contributed by atoms with E-state index in [1.165, 1.54) is 4.88 Å². The van der Waals surface area contributed by atoms with Crippen LogP contribution in [0.15, 0.2) is 22.0 Å². The van der Waals surface area contributed by atoms with Gasteiger partial charge < -0.3 is 14.7 Å². The maximum absolute atomic E-state index is 12.1. The van der Waals surface area contributed by atoms with Crippen molar-refractivity contribution in [2.75, 3.05) is 6.54 Å². The number of rotatable bonds is 4. The number of hydrogen-bond acceptors (Lipinski definition) is 6. The lowest BCUT2D eigenvalue weighted by molar-refractivity contribution is -0.129. The highest BCUT2D eigenvalue weighted by Gasteiger charge is 2.42. The molecule has 2 fully saturated rings. The number of fused-ring (bicyclic) bond motifs is 1. The Morgan fingerprint density at radius 2 is 2.41 bits per heavy atom. The van der Waals surface area contributed by atoms with Gasteiger partial charge in [0.05, 0.1) is 0 Å². The smallest absolute Gasteiger partial charge is 0.246 e. The van der Waals surface area contributed by atoms with Crippen LogP contribution in [0.4, 0.5) is 0 Å². The topological polar surface area (TPSA) is 71.3 Å². The number of amides is 1. The van der Waals surface area contributed by atoms with Gasteiger partial charge >= 0.3 is 0 Å². The van der Waals surface area contributed by atoms with Gasteiger partial charge in [0, 0.05) is 29.8 Å². The molecule has 0 aliphatic carbocycles. The van der Waals surface area contributed by atoms with Crippen molar-refractivity contribution in [1.29, 1.82) is 0 Å². The summed E-state index contributed by atoms with van der Waals surface area (Å²) >= 11 is 1.68. The molecule has 2 aromatic rings. The Kier molecular flexibility index (Phi) is 4.46. The average molecular weight is 341 g/mol. The molecular weight excluding hydrogens is 324 g/mol. The van der Waals surface area contributed by atoms with E-state index in [2.05, 4.69) is 21.5 Å². The van der Waals surface area contributed by atoms with Crippen LogP contribution >= 0.6 is 23.7 Å². The van der Waals surface area contributed by atoms with E-state index >= 15 is 0 Å². The molecular formula is C14H17ClN4O2S. The minimum atomic E-state index is 0. The molecule has 1 N–H and O–H groups in total. The van der Waals surface area contributed by atoms with Crippen LogP contribution in [0.1, 0.15) is 29.4 Å². The van der Waals surface area contributed by atoms with Gasteiger partial charge in [0.1, 0.15) is 6.54 Å². The van der Waals surface area contributed by atoms with Crippen LogP contribution in [-0.4, -0.2) is 39.6 Å². The number of nitrogens with one attached hydrogen (secondary N) is 1. The molecule has 22 heavy (non-hydrogen) atoms. The molecule has 1 amide bonds. The molecule has 0 saturated carbocycles. The van der Waals surface area contributed by atoms with E-state index in [1.54, 1.807) is 11.3 Å². The monoisotopic (exact) mass is 340 g/mol. The summed E-state index contributed by atoms with van der Waals surface area (Å²) in [5.41, 5.74) is 0. The first kappa shape index (κ1) is 15.5. The third-order valence-corrected chi connectivity index (χ3v) is 5.03. The van der Waals surface area contributed by atoms with Crippen LogP contribution in [0.25, 0.3) is 0 Å². The minimum absolute atomic E-state index is 0. The van der Waals surface area contributed by atoms with Crippen LogP contribution in [-0.2, 0) is 17.8 Å². The van der Waals surface area contributed by atoms with Crippen LogP contribution < -0.4 is 5.32 Å². The van der Waals surface area contributed by atoms with Crippen molar-refractivity contribution in [2.45, 2.75) is 37.9 Å². The van der Waals surface area contributed by atoms with Gasteiger partial charge in [-0.15, -0.1) is 23.7 Å². The van der Waals surface area contributed by atoms with E-state index < -0.39 is 0 Å². The number of hydrogen-bond donors (Lipinski definition) is 1. The van der Waals surface area contributed by atoms with Gasteiger partial charge in [0.2, 0.25) is 11.8 Å². The van der Waals surface area contributed by atoms with E-state index in [1.807, 2.05) is 16.3 Å². The van der Waals surface area contributed by atoms with E-state index in [0.717, 1.165) is 13.0 Å². The number of nitrogens with zero attached hydrogens (tertiary/aromatic N) is 3. The van der Waals surface area contributed by atoms with Crippen molar-refractivity contribution in [2.24, 2.45) is 0 Å². The fourth-order valence-electron chi connectivity index (χ4n) is 3.17. The van der Waals surface area contributed by atoms with E-state index in [4.69, 9.17) is 4.52 Å². The molecule has 8 heteroatoms. The first-order chi connectivity index (χ1) is 10.3. The van der Waals surface area contributed by atoms with Gasteiger partial charge in [-0.25, -0.2) is 0 Å². The van der Waals surface area contributed by atoms with Crippen LogP contribution in [0.3, 0.4) is 0 Å². The van der Waals surface area contributed by atoms with Crippen molar-refractivity contribution >= 4 is 29.7 Å². The molecule has 4 rings (SSSR count). The standard InChI is InChI=1S/C14H16N4O2S.ClH/c19-14-7-10-11(3-4-15-10)18(14)8-13-16-12(17-20-13)6-9-2-1-5-21-9;/h1-2,5,10-11,15H,3-4,6-8H2;1H/t10-,11-;/m1./s1.